The second kappa shape index (κ2) is 6.14. The molecular formula is C16H14ClFO3. The molecule has 0 fully saturated rings. The summed E-state index contributed by atoms with van der Waals surface area (Å²) in [5.74, 6) is -0.217. The second-order valence-electron chi connectivity index (χ2n) is 4.91. The molecule has 0 N–H and O–H groups in total. The van der Waals surface area contributed by atoms with Crippen LogP contribution in [0, 0.1) is 5.82 Å². The van der Waals surface area contributed by atoms with E-state index in [0.29, 0.717) is 10.8 Å². The van der Waals surface area contributed by atoms with E-state index in [4.69, 9.17) is 21.1 Å². The molecule has 3 nitrogen and oxygen atoms in total. The number of hydrogen-bond donors (Lipinski definition) is 0. The van der Waals surface area contributed by atoms with Gasteiger partial charge in [-0.1, -0.05) is 11.6 Å². The van der Waals surface area contributed by atoms with Crippen molar-refractivity contribution in [2.75, 3.05) is 0 Å². The zero-order valence-electron chi connectivity index (χ0n) is 11.6. The van der Waals surface area contributed by atoms with E-state index in [1.807, 2.05) is 0 Å². The van der Waals surface area contributed by atoms with Crippen molar-refractivity contribution in [3.8, 4) is 11.5 Å². The highest BCUT2D eigenvalue weighted by Gasteiger charge is 2.32. The summed E-state index contributed by atoms with van der Waals surface area (Å²) < 4.78 is 23.6. The summed E-state index contributed by atoms with van der Waals surface area (Å²) in [7, 11) is 0. The fourth-order valence-corrected chi connectivity index (χ4v) is 1.70. The predicted molar refractivity (Wildman–Crippen MR) is 78.2 cm³/mol. The van der Waals surface area contributed by atoms with Crippen LogP contribution in [0.4, 0.5) is 4.39 Å². The fourth-order valence-electron chi connectivity index (χ4n) is 1.57. The van der Waals surface area contributed by atoms with Gasteiger partial charge in [-0.25, -0.2) is 9.18 Å². The van der Waals surface area contributed by atoms with E-state index in [2.05, 4.69) is 0 Å². The maximum atomic E-state index is 12.8. The molecule has 0 aromatic heterocycles. The number of esters is 1. The summed E-state index contributed by atoms with van der Waals surface area (Å²) in [6.45, 7) is 3.18. The third kappa shape index (κ3) is 4.20. The maximum Gasteiger partial charge on any atom is 0.355 e. The van der Waals surface area contributed by atoms with Gasteiger partial charge in [0, 0.05) is 5.02 Å². The molecule has 0 amide bonds. The standard InChI is InChI=1S/C16H14ClFO3/c1-16(2,21-14-7-3-11(17)4-8-14)15(19)20-13-9-5-12(18)6-10-13/h3-10H,1-2H3. The normalized spacial score (nSPS) is 11.0. The number of benzene rings is 2. The lowest BCUT2D eigenvalue weighted by molar-refractivity contribution is -0.149. The molecule has 0 saturated carbocycles. The summed E-state index contributed by atoms with van der Waals surface area (Å²) in [5, 5.41) is 0.578. The van der Waals surface area contributed by atoms with Crippen LogP contribution in [0.3, 0.4) is 0 Å². The quantitative estimate of drug-likeness (QED) is 0.626. The second-order valence-corrected chi connectivity index (χ2v) is 5.35. The molecule has 0 radical (unpaired) electrons. The van der Waals surface area contributed by atoms with Gasteiger partial charge in [0.2, 0.25) is 5.60 Å². The number of carbonyl (C=O) groups is 1. The van der Waals surface area contributed by atoms with Gasteiger partial charge in [0.15, 0.2) is 0 Å². The van der Waals surface area contributed by atoms with Crippen molar-refractivity contribution in [1.29, 1.82) is 0 Å². The van der Waals surface area contributed by atoms with Crippen molar-refractivity contribution in [2.45, 2.75) is 19.4 Å². The molecule has 0 atom stereocenters. The smallest absolute Gasteiger partial charge is 0.355 e. The Morgan fingerprint density at radius 2 is 1.52 bits per heavy atom. The van der Waals surface area contributed by atoms with Crippen LogP contribution in [-0.2, 0) is 4.79 Å². The summed E-state index contributed by atoms with van der Waals surface area (Å²) in [6.07, 6.45) is 0. The largest absolute Gasteiger partial charge is 0.476 e. The van der Waals surface area contributed by atoms with E-state index < -0.39 is 17.4 Å². The van der Waals surface area contributed by atoms with Gasteiger partial charge >= 0.3 is 5.97 Å². The van der Waals surface area contributed by atoms with Crippen molar-refractivity contribution in [1.82, 2.24) is 0 Å². The lowest BCUT2D eigenvalue weighted by atomic mass is 10.1. The van der Waals surface area contributed by atoms with Crippen molar-refractivity contribution in [3.05, 3.63) is 59.4 Å². The van der Waals surface area contributed by atoms with Crippen LogP contribution in [0.15, 0.2) is 48.5 Å². The summed E-state index contributed by atoms with van der Waals surface area (Å²) in [4.78, 5) is 12.1. The van der Waals surface area contributed by atoms with E-state index in [1.165, 1.54) is 24.3 Å². The molecule has 0 aliphatic rings. The summed E-state index contributed by atoms with van der Waals surface area (Å²) >= 11 is 5.79. The lowest BCUT2D eigenvalue weighted by Gasteiger charge is -2.24. The van der Waals surface area contributed by atoms with Crippen molar-refractivity contribution >= 4 is 17.6 Å². The Hall–Kier alpha value is -2.07. The Bertz CT molecular complexity index is 621. The third-order valence-corrected chi connectivity index (χ3v) is 2.95. The van der Waals surface area contributed by atoms with Gasteiger partial charge in [-0.15, -0.1) is 0 Å². The molecule has 0 aliphatic carbocycles. The number of ether oxygens (including phenoxy) is 2. The number of rotatable bonds is 4. The SMILES string of the molecule is CC(C)(Oc1ccc(Cl)cc1)C(=O)Oc1ccc(F)cc1. The number of halogens is 2. The highest BCUT2D eigenvalue weighted by Crippen LogP contribution is 2.23. The van der Waals surface area contributed by atoms with Gasteiger partial charge in [0.25, 0.3) is 0 Å². The molecule has 0 heterocycles. The van der Waals surface area contributed by atoms with E-state index in [9.17, 15) is 9.18 Å². The average molecular weight is 309 g/mol. The van der Waals surface area contributed by atoms with E-state index in [-0.39, 0.29) is 5.75 Å². The van der Waals surface area contributed by atoms with E-state index in [0.717, 1.165) is 0 Å². The number of hydrogen-bond acceptors (Lipinski definition) is 3. The van der Waals surface area contributed by atoms with E-state index in [1.54, 1.807) is 38.1 Å². The van der Waals surface area contributed by atoms with Crippen LogP contribution in [-0.4, -0.2) is 11.6 Å². The molecule has 2 rings (SSSR count). The molecule has 0 saturated heterocycles. The first-order chi connectivity index (χ1) is 9.87. The highest BCUT2D eigenvalue weighted by atomic mass is 35.5. The van der Waals surface area contributed by atoms with Crippen LogP contribution in [0.25, 0.3) is 0 Å². The topological polar surface area (TPSA) is 35.5 Å². The van der Waals surface area contributed by atoms with Crippen molar-refractivity contribution in [3.63, 3.8) is 0 Å². The van der Waals surface area contributed by atoms with Crippen molar-refractivity contribution < 1.29 is 18.7 Å². The highest BCUT2D eigenvalue weighted by molar-refractivity contribution is 6.30. The Kier molecular flexibility index (Phi) is 4.48. The van der Waals surface area contributed by atoms with Gasteiger partial charge in [-0.2, -0.15) is 0 Å². The Balaban J connectivity index is 2.05. The molecule has 110 valence electrons. The minimum atomic E-state index is -1.19. The molecule has 2 aromatic carbocycles. The molecule has 5 heteroatoms. The zero-order chi connectivity index (χ0) is 15.5. The predicted octanol–water partition coefficient (Wildman–Crippen LogP) is 4.24. The Labute approximate surface area is 127 Å². The molecular weight excluding hydrogens is 295 g/mol. The fraction of sp³-hybridized carbons (Fsp3) is 0.188. The molecule has 0 unspecified atom stereocenters. The van der Waals surface area contributed by atoms with Crippen LogP contribution < -0.4 is 9.47 Å². The van der Waals surface area contributed by atoms with Crippen LogP contribution in [0.1, 0.15) is 13.8 Å². The lowest BCUT2D eigenvalue weighted by Crippen LogP contribution is -2.41. The van der Waals surface area contributed by atoms with Gasteiger partial charge in [-0.05, 0) is 62.4 Å². The first-order valence-electron chi connectivity index (χ1n) is 6.29. The maximum absolute atomic E-state index is 12.8. The van der Waals surface area contributed by atoms with Crippen molar-refractivity contribution in [2.24, 2.45) is 0 Å². The third-order valence-electron chi connectivity index (χ3n) is 2.70. The Morgan fingerprint density at radius 1 is 1.00 bits per heavy atom. The molecule has 2 aromatic rings. The number of carbonyl (C=O) groups excluding carboxylic acids is 1. The monoisotopic (exact) mass is 308 g/mol. The minimum Gasteiger partial charge on any atom is -0.476 e. The van der Waals surface area contributed by atoms with Gasteiger partial charge in [-0.3, -0.25) is 0 Å². The molecule has 0 bridgehead atoms. The van der Waals surface area contributed by atoms with Gasteiger partial charge < -0.3 is 9.47 Å². The molecule has 0 spiro atoms. The average Bonchev–Trinajstić information content (AvgIpc) is 2.43. The summed E-state index contributed by atoms with van der Waals surface area (Å²) in [5.41, 5.74) is -1.19. The molecule has 21 heavy (non-hydrogen) atoms. The minimum absolute atomic E-state index is 0.259. The first-order valence-corrected chi connectivity index (χ1v) is 6.67. The van der Waals surface area contributed by atoms with Crippen LogP contribution >= 0.6 is 11.6 Å². The first kappa shape index (κ1) is 15.3. The van der Waals surface area contributed by atoms with E-state index >= 15 is 0 Å². The molecule has 0 aliphatic heterocycles. The van der Waals surface area contributed by atoms with Gasteiger partial charge in [0.1, 0.15) is 17.3 Å². The van der Waals surface area contributed by atoms with Crippen LogP contribution in [0.5, 0.6) is 11.5 Å². The van der Waals surface area contributed by atoms with Crippen LogP contribution in [0.2, 0.25) is 5.02 Å². The summed E-state index contributed by atoms with van der Waals surface area (Å²) in [6, 6.07) is 11.9. The zero-order valence-corrected chi connectivity index (χ0v) is 12.4. The van der Waals surface area contributed by atoms with Gasteiger partial charge in [0.05, 0.1) is 0 Å². The Morgan fingerprint density at radius 3 is 2.10 bits per heavy atom.